The molecule has 0 spiro atoms. The van der Waals surface area contributed by atoms with Gasteiger partial charge in [0.1, 0.15) is 0 Å². The van der Waals surface area contributed by atoms with Crippen molar-refractivity contribution in [1.29, 1.82) is 0 Å². The Labute approximate surface area is 107 Å². The monoisotopic (exact) mass is 266 g/mol. The fourth-order valence-corrected chi connectivity index (χ4v) is 2.04. The Bertz CT molecular complexity index is 514. The van der Waals surface area contributed by atoms with E-state index in [1.165, 1.54) is 23.9 Å². The molecule has 1 unspecified atom stereocenters. The van der Waals surface area contributed by atoms with Crippen molar-refractivity contribution in [1.82, 2.24) is 5.32 Å². The van der Waals surface area contributed by atoms with Crippen molar-refractivity contribution in [3.05, 3.63) is 34.4 Å². The van der Waals surface area contributed by atoms with E-state index in [9.17, 15) is 14.9 Å². The lowest BCUT2D eigenvalue weighted by molar-refractivity contribution is -0.384. The lowest BCUT2D eigenvalue weighted by Gasteiger charge is -2.00. The van der Waals surface area contributed by atoms with Gasteiger partial charge in [-0.15, -0.1) is 5.10 Å². The van der Waals surface area contributed by atoms with Gasteiger partial charge in [-0.05, 0) is 19.1 Å². The number of hydrogen-bond acceptors (Lipinski definition) is 6. The number of carbonyl (C=O) groups is 1. The molecule has 7 nitrogen and oxygen atoms in total. The number of rotatable bonds is 3. The number of thioether (sulfide) groups is 1. The highest BCUT2D eigenvalue weighted by molar-refractivity contribution is 8.15. The predicted molar refractivity (Wildman–Crippen MR) is 69.3 cm³/mol. The van der Waals surface area contributed by atoms with Gasteiger partial charge < -0.3 is 5.32 Å². The topological polar surface area (TPSA) is 96.6 Å². The summed E-state index contributed by atoms with van der Waals surface area (Å²) in [5, 5.41) is 17.4. The summed E-state index contributed by atoms with van der Waals surface area (Å²) in [6.07, 6.45) is 0. The largest absolute Gasteiger partial charge is 0.303 e. The third-order valence-corrected chi connectivity index (χ3v) is 3.24. The SMILES string of the molecule is CC1S/C(=N\Nc2ccc([N+](=O)[O-])cc2)NC1=O. The van der Waals surface area contributed by atoms with Crippen LogP contribution in [0, 0.1) is 10.1 Å². The fourth-order valence-electron chi connectivity index (χ4n) is 1.28. The van der Waals surface area contributed by atoms with E-state index in [0.717, 1.165) is 0 Å². The van der Waals surface area contributed by atoms with Crippen LogP contribution < -0.4 is 10.7 Å². The molecule has 1 aromatic rings. The van der Waals surface area contributed by atoms with Crippen LogP contribution in [0.3, 0.4) is 0 Å². The Morgan fingerprint density at radius 2 is 2.11 bits per heavy atom. The summed E-state index contributed by atoms with van der Waals surface area (Å²) in [5.74, 6) is -0.0794. The number of benzene rings is 1. The zero-order chi connectivity index (χ0) is 13.1. The predicted octanol–water partition coefficient (Wildman–Crippen LogP) is 1.53. The minimum absolute atomic E-state index is 0.0189. The standard InChI is InChI=1S/C10H10N4O3S/c1-6-9(15)11-10(18-6)13-12-7-2-4-8(5-3-7)14(16)17/h2-6,12H,1H3,(H,11,13,15). The molecule has 2 rings (SSSR count). The zero-order valence-corrected chi connectivity index (χ0v) is 10.2. The number of anilines is 1. The molecular weight excluding hydrogens is 256 g/mol. The summed E-state index contributed by atoms with van der Waals surface area (Å²) in [7, 11) is 0. The Balaban J connectivity index is 2.00. The number of carbonyl (C=O) groups excluding carboxylic acids is 1. The number of nitrogens with zero attached hydrogens (tertiary/aromatic N) is 2. The molecule has 1 fully saturated rings. The van der Waals surface area contributed by atoms with Crippen molar-refractivity contribution >= 4 is 34.2 Å². The number of nitrogens with one attached hydrogen (secondary N) is 2. The molecule has 8 heteroatoms. The van der Waals surface area contributed by atoms with Gasteiger partial charge >= 0.3 is 0 Å². The highest BCUT2D eigenvalue weighted by atomic mass is 32.2. The maximum Gasteiger partial charge on any atom is 0.269 e. The van der Waals surface area contributed by atoms with Gasteiger partial charge in [0.2, 0.25) is 5.91 Å². The first-order valence-corrected chi connectivity index (χ1v) is 6.00. The molecule has 1 aliphatic heterocycles. The van der Waals surface area contributed by atoms with E-state index >= 15 is 0 Å². The molecule has 1 aromatic carbocycles. The van der Waals surface area contributed by atoms with Crippen LogP contribution in [-0.2, 0) is 4.79 Å². The molecule has 94 valence electrons. The normalized spacial score (nSPS) is 20.8. The van der Waals surface area contributed by atoms with Gasteiger partial charge in [-0.3, -0.25) is 20.3 Å². The van der Waals surface area contributed by atoms with E-state index in [-0.39, 0.29) is 16.8 Å². The molecule has 18 heavy (non-hydrogen) atoms. The summed E-state index contributed by atoms with van der Waals surface area (Å²) in [4.78, 5) is 21.2. The molecule has 1 amide bonds. The maximum absolute atomic E-state index is 11.2. The second-order valence-corrected chi connectivity index (χ2v) is 4.91. The van der Waals surface area contributed by atoms with Crippen LogP contribution in [-0.4, -0.2) is 21.2 Å². The Morgan fingerprint density at radius 1 is 1.44 bits per heavy atom. The Kier molecular flexibility index (Phi) is 3.47. The molecule has 0 bridgehead atoms. The molecule has 2 N–H and O–H groups in total. The number of non-ortho nitro benzene ring substituents is 1. The highest BCUT2D eigenvalue weighted by Crippen LogP contribution is 2.19. The molecule has 1 aliphatic rings. The third-order valence-electron chi connectivity index (χ3n) is 2.25. The van der Waals surface area contributed by atoms with E-state index in [4.69, 9.17) is 0 Å². The van der Waals surface area contributed by atoms with E-state index in [0.29, 0.717) is 10.9 Å². The molecule has 0 aliphatic carbocycles. The maximum atomic E-state index is 11.2. The lowest BCUT2D eigenvalue weighted by Crippen LogP contribution is -2.23. The van der Waals surface area contributed by atoms with Gasteiger partial charge in [-0.2, -0.15) is 0 Å². The van der Waals surface area contributed by atoms with Gasteiger partial charge in [0, 0.05) is 12.1 Å². The third kappa shape index (κ3) is 2.77. The molecule has 1 heterocycles. The van der Waals surface area contributed by atoms with Crippen molar-refractivity contribution in [3.8, 4) is 0 Å². The van der Waals surface area contributed by atoms with Gasteiger partial charge in [0.05, 0.1) is 15.9 Å². The minimum Gasteiger partial charge on any atom is -0.303 e. The molecular formula is C10H10N4O3S. The zero-order valence-electron chi connectivity index (χ0n) is 9.41. The molecule has 0 radical (unpaired) electrons. The summed E-state index contributed by atoms with van der Waals surface area (Å²) in [6.45, 7) is 1.79. The van der Waals surface area contributed by atoms with Crippen molar-refractivity contribution in [3.63, 3.8) is 0 Å². The van der Waals surface area contributed by atoms with Crippen molar-refractivity contribution < 1.29 is 9.72 Å². The quantitative estimate of drug-likeness (QED) is 0.638. The van der Waals surface area contributed by atoms with Gasteiger partial charge in [0.15, 0.2) is 5.17 Å². The second kappa shape index (κ2) is 5.05. The van der Waals surface area contributed by atoms with Crippen LogP contribution in [0.5, 0.6) is 0 Å². The van der Waals surface area contributed by atoms with Crippen molar-refractivity contribution in [2.45, 2.75) is 12.2 Å². The van der Waals surface area contributed by atoms with E-state index < -0.39 is 4.92 Å². The first kappa shape index (κ1) is 12.4. The molecule has 1 atom stereocenters. The molecule has 0 aromatic heterocycles. The number of hydrazone groups is 1. The van der Waals surface area contributed by atoms with Gasteiger partial charge in [-0.1, -0.05) is 11.8 Å². The van der Waals surface area contributed by atoms with E-state index in [2.05, 4.69) is 15.8 Å². The Morgan fingerprint density at radius 3 is 2.61 bits per heavy atom. The number of nitro groups is 1. The average Bonchev–Trinajstić information content (AvgIpc) is 2.67. The first-order chi connectivity index (χ1) is 8.56. The Hall–Kier alpha value is -2.09. The second-order valence-electron chi connectivity index (χ2n) is 3.58. The van der Waals surface area contributed by atoms with Crippen molar-refractivity contribution in [2.24, 2.45) is 5.10 Å². The first-order valence-electron chi connectivity index (χ1n) is 5.12. The number of hydrogen-bond donors (Lipinski definition) is 2. The van der Waals surface area contributed by atoms with E-state index in [1.54, 1.807) is 19.1 Å². The van der Waals surface area contributed by atoms with Gasteiger partial charge in [-0.25, -0.2) is 0 Å². The summed E-state index contributed by atoms with van der Waals surface area (Å²) in [5.41, 5.74) is 3.36. The van der Waals surface area contributed by atoms with Crippen LogP contribution in [0.15, 0.2) is 29.4 Å². The fraction of sp³-hybridized carbons (Fsp3) is 0.200. The minimum atomic E-state index is -0.468. The summed E-state index contributed by atoms with van der Waals surface area (Å²) < 4.78 is 0. The summed E-state index contributed by atoms with van der Waals surface area (Å²) in [6, 6.07) is 5.86. The average molecular weight is 266 g/mol. The molecule has 0 saturated carbocycles. The van der Waals surface area contributed by atoms with Crippen LogP contribution in [0.1, 0.15) is 6.92 Å². The summed E-state index contributed by atoms with van der Waals surface area (Å²) >= 11 is 1.32. The highest BCUT2D eigenvalue weighted by Gasteiger charge is 2.25. The smallest absolute Gasteiger partial charge is 0.269 e. The van der Waals surface area contributed by atoms with Crippen LogP contribution in [0.2, 0.25) is 0 Å². The van der Waals surface area contributed by atoms with Gasteiger partial charge in [0.25, 0.3) is 5.69 Å². The lowest BCUT2D eigenvalue weighted by atomic mass is 10.3. The van der Waals surface area contributed by atoms with Crippen LogP contribution >= 0.6 is 11.8 Å². The van der Waals surface area contributed by atoms with Crippen molar-refractivity contribution in [2.75, 3.05) is 5.43 Å². The van der Waals surface area contributed by atoms with Crippen LogP contribution in [0.4, 0.5) is 11.4 Å². The number of amides is 1. The number of nitro benzene ring substituents is 1. The van der Waals surface area contributed by atoms with E-state index in [1.807, 2.05) is 0 Å². The van der Waals surface area contributed by atoms with Crippen LogP contribution in [0.25, 0.3) is 0 Å². The number of amidine groups is 1. The molecule has 1 saturated heterocycles.